The van der Waals surface area contributed by atoms with Crippen LogP contribution < -0.4 is 0 Å². The summed E-state index contributed by atoms with van der Waals surface area (Å²) in [5.41, 5.74) is -0.690. The quantitative estimate of drug-likeness (QED) is 0.709. The minimum absolute atomic E-state index is 0.0157. The molecule has 5 heteroatoms. The van der Waals surface area contributed by atoms with E-state index in [4.69, 9.17) is 0 Å². The lowest BCUT2D eigenvalue weighted by Crippen LogP contribution is -2.58. The number of allylic oxidation sites excluding steroid dienone is 4. The van der Waals surface area contributed by atoms with Gasteiger partial charge in [-0.15, -0.1) is 0 Å². The number of carbonyl (C=O) groups is 2. The first-order chi connectivity index (χ1) is 12.2. The van der Waals surface area contributed by atoms with Crippen LogP contribution in [0.25, 0.3) is 0 Å². The van der Waals surface area contributed by atoms with Crippen LogP contribution >= 0.6 is 0 Å². The third-order valence-corrected chi connectivity index (χ3v) is 7.38. The van der Waals surface area contributed by atoms with Gasteiger partial charge in [-0.3, -0.25) is 9.59 Å². The third-order valence-electron chi connectivity index (χ3n) is 7.38. The fourth-order valence-electron chi connectivity index (χ4n) is 6.22. The Bertz CT molecular complexity index is 665. The molecule has 2 saturated carbocycles. The Morgan fingerprint density at radius 1 is 1.35 bits per heavy atom. The van der Waals surface area contributed by atoms with Gasteiger partial charge in [0.2, 0.25) is 0 Å². The summed E-state index contributed by atoms with van der Waals surface area (Å²) in [6.07, 6.45) is 6.50. The van der Waals surface area contributed by atoms with Crippen molar-refractivity contribution in [2.45, 2.75) is 58.2 Å². The molecule has 3 aliphatic carbocycles. The number of Topliss-reactive ketones (excluding diaryl/α,β-unsaturated/α-hetero) is 1. The number of hydrogen-bond acceptors (Lipinski definition) is 5. The first-order valence-electron chi connectivity index (χ1n) is 9.67. The van der Waals surface area contributed by atoms with Crippen molar-refractivity contribution in [1.82, 2.24) is 0 Å². The molecule has 7 atom stereocenters. The molecule has 0 radical (unpaired) electrons. The van der Waals surface area contributed by atoms with E-state index in [-0.39, 0.29) is 35.7 Å². The first-order valence-corrected chi connectivity index (χ1v) is 9.67. The molecule has 26 heavy (non-hydrogen) atoms. The molecule has 0 aromatic carbocycles. The van der Waals surface area contributed by atoms with Crippen LogP contribution in [0.4, 0.5) is 0 Å². The van der Waals surface area contributed by atoms with E-state index in [2.05, 4.69) is 6.92 Å². The predicted molar refractivity (Wildman–Crippen MR) is 97.2 cm³/mol. The van der Waals surface area contributed by atoms with Crippen LogP contribution in [0.2, 0.25) is 0 Å². The summed E-state index contributed by atoms with van der Waals surface area (Å²) in [4.78, 5) is 23.9. The summed E-state index contributed by atoms with van der Waals surface area (Å²) in [7, 11) is 0. The summed E-state index contributed by atoms with van der Waals surface area (Å²) < 4.78 is 0. The Labute approximate surface area is 154 Å². The smallest absolute Gasteiger partial charge is 0.178 e. The van der Waals surface area contributed by atoms with E-state index in [0.29, 0.717) is 12.8 Å². The van der Waals surface area contributed by atoms with Gasteiger partial charge in [0.05, 0.1) is 11.7 Å². The number of aliphatic hydroxyl groups is 3. The predicted octanol–water partition coefficient (Wildman–Crippen LogP) is 1.80. The molecule has 0 spiro atoms. The highest BCUT2D eigenvalue weighted by molar-refractivity contribution is 6.01. The van der Waals surface area contributed by atoms with Gasteiger partial charge in [0.1, 0.15) is 6.61 Å². The van der Waals surface area contributed by atoms with Gasteiger partial charge in [-0.25, -0.2) is 0 Å². The second-order valence-electron chi connectivity index (χ2n) is 8.55. The van der Waals surface area contributed by atoms with Crippen molar-refractivity contribution >= 4 is 11.6 Å². The Kier molecular flexibility index (Phi) is 5.01. The Balaban J connectivity index is 1.96. The monoisotopic (exact) mass is 362 g/mol. The van der Waals surface area contributed by atoms with E-state index in [1.165, 1.54) is 0 Å². The van der Waals surface area contributed by atoms with Crippen molar-refractivity contribution < 1.29 is 24.9 Å². The molecule has 2 unspecified atom stereocenters. The van der Waals surface area contributed by atoms with E-state index in [9.17, 15) is 24.9 Å². The third kappa shape index (κ3) is 2.72. The van der Waals surface area contributed by atoms with Crippen LogP contribution in [-0.4, -0.2) is 45.2 Å². The van der Waals surface area contributed by atoms with Gasteiger partial charge in [-0.2, -0.15) is 0 Å². The molecule has 0 heterocycles. The van der Waals surface area contributed by atoms with Crippen molar-refractivity contribution in [3.05, 3.63) is 23.8 Å². The molecule has 3 aliphatic rings. The molecule has 3 rings (SSSR count). The molecule has 2 fully saturated rings. The summed E-state index contributed by atoms with van der Waals surface area (Å²) >= 11 is 0. The maximum atomic E-state index is 12.1. The average Bonchev–Trinajstić information content (AvgIpc) is 2.93. The Morgan fingerprint density at radius 2 is 2.04 bits per heavy atom. The van der Waals surface area contributed by atoms with Gasteiger partial charge in [-0.1, -0.05) is 32.4 Å². The molecule has 0 aromatic heterocycles. The fourth-order valence-corrected chi connectivity index (χ4v) is 6.22. The lowest BCUT2D eigenvalue weighted by Gasteiger charge is -2.54. The molecule has 144 valence electrons. The van der Waals surface area contributed by atoms with Crippen molar-refractivity contribution in [3.63, 3.8) is 0 Å². The molecular weight excluding hydrogens is 332 g/mol. The Morgan fingerprint density at radius 3 is 2.65 bits per heavy atom. The number of carbonyl (C=O) groups excluding carboxylic acids is 2. The molecule has 3 N–H and O–H groups in total. The number of fused-ring (bicyclic) bond motifs is 1. The van der Waals surface area contributed by atoms with E-state index < -0.39 is 29.6 Å². The molecule has 0 aromatic rings. The summed E-state index contributed by atoms with van der Waals surface area (Å²) in [5.74, 6) is -1.21. The standard InChI is InChI=1S/C21H30O5/c1-4-13-9-14(23)7-8-20(13,3)19-12(2)15-5-6-16(18(25)11-22)21(15,26)10-17(19)24/h7-9,12,15-17,19,22,24,26H,4-6,10-11H2,1-3H3/t12-,15?,16+,17-,19?,20-,21+/m0/s1. The van der Waals surface area contributed by atoms with Crippen LogP contribution in [0.1, 0.15) is 46.5 Å². The van der Waals surface area contributed by atoms with Gasteiger partial charge >= 0.3 is 0 Å². The molecule has 0 amide bonds. The van der Waals surface area contributed by atoms with Crippen LogP contribution in [-0.2, 0) is 9.59 Å². The van der Waals surface area contributed by atoms with Crippen molar-refractivity contribution in [2.24, 2.45) is 29.1 Å². The van der Waals surface area contributed by atoms with Gasteiger partial charge < -0.3 is 15.3 Å². The highest BCUT2D eigenvalue weighted by Crippen LogP contribution is 2.59. The van der Waals surface area contributed by atoms with Crippen LogP contribution in [0, 0.1) is 29.1 Å². The minimum Gasteiger partial charge on any atom is -0.393 e. The fraction of sp³-hybridized carbons (Fsp3) is 0.714. The second-order valence-corrected chi connectivity index (χ2v) is 8.55. The maximum absolute atomic E-state index is 12.1. The maximum Gasteiger partial charge on any atom is 0.178 e. The lowest BCUT2D eigenvalue weighted by molar-refractivity contribution is -0.166. The van der Waals surface area contributed by atoms with Crippen molar-refractivity contribution in [2.75, 3.05) is 6.61 Å². The van der Waals surface area contributed by atoms with E-state index >= 15 is 0 Å². The van der Waals surface area contributed by atoms with Crippen LogP contribution in [0.15, 0.2) is 23.8 Å². The first kappa shape index (κ1) is 19.5. The topological polar surface area (TPSA) is 94.8 Å². The number of hydrogen-bond donors (Lipinski definition) is 3. The van der Waals surface area contributed by atoms with Gasteiger partial charge in [0.25, 0.3) is 0 Å². The summed E-state index contributed by atoms with van der Waals surface area (Å²) in [6, 6.07) is 0. The number of rotatable bonds is 4. The van der Waals surface area contributed by atoms with Gasteiger partial charge in [-0.05, 0) is 43.3 Å². The van der Waals surface area contributed by atoms with E-state index in [1.807, 2.05) is 19.9 Å². The molecule has 5 nitrogen and oxygen atoms in total. The van der Waals surface area contributed by atoms with Gasteiger partial charge in [0, 0.05) is 23.7 Å². The van der Waals surface area contributed by atoms with Crippen molar-refractivity contribution in [3.8, 4) is 0 Å². The largest absolute Gasteiger partial charge is 0.393 e. The lowest BCUT2D eigenvalue weighted by atomic mass is 9.53. The highest BCUT2D eigenvalue weighted by Gasteiger charge is 2.61. The Hall–Kier alpha value is -1.30. The zero-order valence-electron chi connectivity index (χ0n) is 15.8. The summed E-state index contributed by atoms with van der Waals surface area (Å²) in [5, 5.41) is 31.6. The molecule has 0 bridgehead atoms. The van der Waals surface area contributed by atoms with E-state index in [1.54, 1.807) is 12.2 Å². The molecule has 0 saturated heterocycles. The zero-order valence-corrected chi connectivity index (χ0v) is 15.8. The number of ketones is 2. The van der Waals surface area contributed by atoms with Crippen LogP contribution in [0.3, 0.4) is 0 Å². The van der Waals surface area contributed by atoms with Crippen LogP contribution in [0.5, 0.6) is 0 Å². The normalized spacial score (nSPS) is 45.4. The second kappa shape index (κ2) is 6.70. The average molecular weight is 362 g/mol. The van der Waals surface area contributed by atoms with E-state index in [0.717, 1.165) is 12.0 Å². The molecule has 0 aliphatic heterocycles. The number of aliphatic hydroxyl groups excluding tert-OH is 2. The summed E-state index contributed by atoms with van der Waals surface area (Å²) in [6.45, 7) is 5.54. The zero-order chi connectivity index (χ0) is 19.3. The van der Waals surface area contributed by atoms with Gasteiger partial charge in [0.15, 0.2) is 11.6 Å². The minimum atomic E-state index is -1.25. The molecular formula is C21H30O5. The SMILES string of the molecule is CCC1=CC(=O)C=C[C@]1(C)C1[C@@H](C)C2CC[C@H](C(=O)CO)[C@@]2(O)C[C@@H]1O. The van der Waals surface area contributed by atoms with Crippen molar-refractivity contribution in [1.29, 1.82) is 0 Å². The highest BCUT2D eigenvalue weighted by atomic mass is 16.3.